The van der Waals surface area contributed by atoms with Gasteiger partial charge in [-0.15, -0.1) is 0 Å². The predicted octanol–water partition coefficient (Wildman–Crippen LogP) is 1.33. The normalized spacial score (nSPS) is 24.2. The average molecular weight is 265 g/mol. The quantitative estimate of drug-likeness (QED) is 0.683. The number of carbonyl (C=O) groups excluding carboxylic acids is 1. The van der Waals surface area contributed by atoms with Gasteiger partial charge in [0.2, 0.25) is 5.91 Å². The summed E-state index contributed by atoms with van der Waals surface area (Å²) in [7, 11) is 0. The van der Waals surface area contributed by atoms with Gasteiger partial charge in [0, 0.05) is 13.0 Å². The zero-order valence-electron chi connectivity index (χ0n) is 10.4. The molecule has 106 valence electrons. The lowest BCUT2D eigenvalue weighted by Gasteiger charge is -2.25. The monoisotopic (exact) mass is 265 g/mol. The van der Waals surface area contributed by atoms with Crippen LogP contribution in [-0.2, 0) is 9.53 Å². The molecule has 1 aliphatic rings. The van der Waals surface area contributed by atoms with Gasteiger partial charge in [-0.25, -0.2) is 8.78 Å². The van der Waals surface area contributed by atoms with E-state index in [0.717, 1.165) is 25.7 Å². The van der Waals surface area contributed by atoms with Gasteiger partial charge in [0.1, 0.15) is 6.61 Å². The van der Waals surface area contributed by atoms with E-state index in [9.17, 15) is 18.7 Å². The minimum absolute atomic E-state index is 0.0273. The Labute approximate surface area is 106 Å². The van der Waals surface area contributed by atoms with Crippen molar-refractivity contribution in [1.29, 1.82) is 0 Å². The maximum absolute atomic E-state index is 11.7. The topological polar surface area (TPSA) is 58.6 Å². The van der Waals surface area contributed by atoms with Crippen LogP contribution in [0.4, 0.5) is 8.78 Å². The second-order valence-electron chi connectivity index (χ2n) is 4.69. The van der Waals surface area contributed by atoms with E-state index < -0.39 is 13.0 Å². The van der Waals surface area contributed by atoms with Crippen LogP contribution in [0.5, 0.6) is 0 Å². The van der Waals surface area contributed by atoms with E-state index in [1.165, 1.54) is 0 Å². The minimum atomic E-state index is -2.48. The molecule has 0 radical (unpaired) electrons. The highest BCUT2D eigenvalue weighted by molar-refractivity contribution is 5.75. The lowest BCUT2D eigenvalue weighted by atomic mass is 9.87. The number of aliphatic hydroxyl groups excluding tert-OH is 1. The molecule has 0 bridgehead atoms. The third-order valence-corrected chi connectivity index (χ3v) is 3.12. The van der Waals surface area contributed by atoms with Crippen molar-refractivity contribution in [2.45, 2.75) is 44.6 Å². The molecule has 1 amide bonds. The molecule has 0 aromatic carbocycles. The van der Waals surface area contributed by atoms with Gasteiger partial charge in [0.05, 0.1) is 12.7 Å². The largest absolute Gasteiger partial charge is 0.393 e. The number of alkyl halides is 2. The van der Waals surface area contributed by atoms with E-state index in [0.29, 0.717) is 12.5 Å². The van der Waals surface area contributed by atoms with Crippen molar-refractivity contribution in [3.05, 3.63) is 0 Å². The second kappa shape index (κ2) is 8.37. The first-order chi connectivity index (χ1) is 8.58. The van der Waals surface area contributed by atoms with E-state index in [1.54, 1.807) is 0 Å². The van der Waals surface area contributed by atoms with Crippen molar-refractivity contribution in [3.8, 4) is 0 Å². The van der Waals surface area contributed by atoms with Gasteiger partial charge < -0.3 is 15.2 Å². The molecule has 0 atom stereocenters. The minimum Gasteiger partial charge on any atom is -0.393 e. The van der Waals surface area contributed by atoms with E-state index in [2.05, 4.69) is 10.1 Å². The van der Waals surface area contributed by atoms with Crippen molar-refractivity contribution in [2.75, 3.05) is 19.8 Å². The van der Waals surface area contributed by atoms with Crippen LogP contribution in [0.1, 0.15) is 32.1 Å². The van der Waals surface area contributed by atoms with Gasteiger partial charge in [-0.2, -0.15) is 0 Å². The molecule has 2 N–H and O–H groups in total. The van der Waals surface area contributed by atoms with Gasteiger partial charge in [0.25, 0.3) is 6.43 Å². The first-order valence-electron chi connectivity index (χ1n) is 6.38. The Hall–Kier alpha value is -0.750. The maximum atomic E-state index is 11.7. The molecule has 4 nitrogen and oxygen atoms in total. The van der Waals surface area contributed by atoms with E-state index in [4.69, 9.17) is 0 Å². The van der Waals surface area contributed by atoms with Gasteiger partial charge in [-0.1, -0.05) is 0 Å². The van der Waals surface area contributed by atoms with Gasteiger partial charge >= 0.3 is 0 Å². The van der Waals surface area contributed by atoms with Crippen LogP contribution in [0.25, 0.3) is 0 Å². The first-order valence-corrected chi connectivity index (χ1v) is 6.38. The number of amides is 1. The Morgan fingerprint density at radius 2 is 2.00 bits per heavy atom. The van der Waals surface area contributed by atoms with Crippen LogP contribution in [0.2, 0.25) is 0 Å². The average Bonchev–Trinajstić information content (AvgIpc) is 2.34. The number of halogens is 2. The van der Waals surface area contributed by atoms with Gasteiger partial charge in [0.15, 0.2) is 0 Å². The lowest BCUT2D eigenvalue weighted by Crippen LogP contribution is -2.32. The summed E-state index contributed by atoms with van der Waals surface area (Å²) < 4.78 is 28.1. The van der Waals surface area contributed by atoms with Crippen LogP contribution >= 0.6 is 0 Å². The van der Waals surface area contributed by atoms with Crippen LogP contribution in [0, 0.1) is 5.92 Å². The molecule has 0 heterocycles. The number of nitrogens with one attached hydrogen (secondary N) is 1. The Bertz CT molecular complexity index is 243. The highest BCUT2D eigenvalue weighted by atomic mass is 19.3. The highest BCUT2D eigenvalue weighted by Gasteiger charge is 2.19. The third kappa shape index (κ3) is 6.86. The fourth-order valence-electron chi connectivity index (χ4n) is 2.03. The number of carbonyl (C=O) groups is 1. The van der Waals surface area contributed by atoms with Crippen LogP contribution in [0.15, 0.2) is 0 Å². The second-order valence-corrected chi connectivity index (χ2v) is 4.69. The zero-order valence-corrected chi connectivity index (χ0v) is 10.4. The fraction of sp³-hybridized carbons (Fsp3) is 0.917. The Kier molecular flexibility index (Phi) is 7.12. The molecule has 0 aliphatic heterocycles. The third-order valence-electron chi connectivity index (χ3n) is 3.12. The van der Waals surface area contributed by atoms with Gasteiger partial charge in [-0.05, 0) is 31.6 Å². The summed E-state index contributed by atoms with van der Waals surface area (Å²) in [6.07, 6.45) is 0.853. The number of hydrogen-bond donors (Lipinski definition) is 2. The number of ether oxygens (including phenoxy) is 1. The number of aliphatic hydroxyl groups is 1. The molecular formula is C12H21F2NO3. The summed E-state index contributed by atoms with van der Waals surface area (Å²) in [5.74, 6) is 0.245. The molecule has 0 spiro atoms. The van der Waals surface area contributed by atoms with Crippen molar-refractivity contribution in [1.82, 2.24) is 5.32 Å². The highest BCUT2D eigenvalue weighted by Crippen LogP contribution is 2.23. The molecule has 0 unspecified atom stereocenters. The fourth-order valence-corrected chi connectivity index (χ4v) is 2.03. The Morgan fingerprint density at radius 3 is 2.61 bits per heavy atom. The molecule has 0 aromatic heterocycles. The molecule has 1 rings (SSSR count). The molecule has 1 fully saturated rings. The summed E-state index contributed by atoms with van der Waals surface area (Å²) in [4.78, 5) is 11.4. The molecule has 0 saturated heterocycles. The van der Waals surface area contributed by atoms with E-state index in [-0.39, 0.29) is 25.0 Å². The van der Waals surface area contributed by atoms with Crippen molar-refractivity contribution in [3.63, 3.8) is 0 Å². The van der Waals surface area contributed by atoms with Crippen LogP contribution in [0.3, 0.4) is 0 Å². The molecule has 1 saturated carbocycles. The van der Waals surface area contributed by atoms with E-state index in [1.807, 2.05) is 0 Å². The molecule has 18 heavy (non-hydrogen) atoms. The molecule has 6 heteroatoms. The van der Waals surface area contributed by atoms with Crippen LogP contribution in [-0.4, -0.2) is 43.3 Å². The number of rotatable bonds is 7. The summed E-state index contributed by atoms with van der Waals surface area (Å²) in [6.45, 7) is 0.00769. The molecule has 1 aliphatic carbocycles. The summed E-state index contributed by atoms with van der Waals surface area (Å²) in [6, 6.07) is 0. The van der Waals surface area contributed by atoms with Gasteiger partial charge in [-0.3, -0.25) is 4.79 Å². The van der Waals surface area contributed by atoms with E-state index >= 15 is 0 Å². The summed E-state index contributed by atoms with van der Waals surface area (Å²) in [5.41, 5.74) is 0. The van der Waals surface area contributed by atoms with Crippen molar-refractivity contribution in [2.24, 2.45) is 5.92 Å². The van der Waals surface area contributed by atoms with Crippen molar-refractivity contribution < 1.29 is 23.4 Å². The molecular weight excluding hydrogens is 244 g/mol. The zero-order chi connectivity index (χ0) is 13.4. The predicted molar refractivity (Wildman–Crippen MR) is 62.4 cm³/mol. The Morgan fingerprint density at radius 1 is 1.33 bits per heavy atom. The number of hydrogen-bond acceptors (Lipinski definition) is 3. The Balaban J connectivity index is 1.99. The summed E-state index contributed by atoms with van der Waals surface area (Å²) >= 11 is 0. The van der Waals surface area contributed by atoms with Crippen molar-refractivity contribution >= 4 is 5.91 Å². The summed E-state index contributed by atoms with van der Waals surface area (Å²) in [5, 5.41) is 12.1. The SMILES string of the molecule is O=C(CCOCC(F)F)NCC1CCC(O)CC1. The standard InChI is InChI=1S/C12H21F2NO3/c13-11(14)8-18-6-5-12(17)15-7-9-1-3-10(16)4-2-9/h9-11,16H,1-8H2,(H,15,17). The lowest BCUT2D eigenvalue weighted by molar-refractivity contribution is -0.122. The maximum Gasteiger partial charge on any atom is 0.261 e. The first kappa shape index (κ1) is 15.3. The molecule has 0 aromatic rings. The smallest absolute Gasteiger partial charge is 0.261 e. The van der Waals surface area contributed by atoms with Crippen LogP contribution < -0.4 is 5.32 Å².